The molecule has 1 aromatic carbocycles. The number of carbonyl (C=O) groups excluding carboxylic acids is 1. The van der Waals surface area contributed by atoms with Crippen LogP contribution in [0, 0.1) is 0 Å². The summed E-state index contributed by atoms with van der Waals surface area (Å²) in [5.74, 6) is -0.384. The summed E-state index contributed by atoms with van der Waals surface area (Å²) in [5, 5.41) is 9.91. The maximum absolute atomic E-state index is 11.5. The molecule has 2 rings (SSSR count). The SMILES string of the molecule is CCOC(=O)[C@H](O)c1nccn1Cc1ccccc1. The molecule has 0 spiro atoms. The Bertz CT molecular complexity index is 537. The summed E-state index contributed by atoms with van der Waals surface area (Å²) in [4.78, 5) is 15.5. The lowest BCUT2D eigenvalue weighted by Gasteiger charge is -2.12. The van der Waals surface area contributed by atoms with Crippen LogP contribution in [0.25, 0.3) is 0 Å². The van der Waals surface area contributed by atoms with Crippen LogP contribution < -0.4 is 0 Å². The second kappa shape index (κ2) is 6.15. The van der Waals surface area contributed by atoms with Crippen LogP contribution in [0.5, 0.6) is 0 Å². The van der Waals surface area contributed by atoms with Crippen LogP contribution in [0.4, 0.5) is 0 Å². The first-order valence-corrected chi connectivity index (χ1v) is 6.12. The third-order valence-electron chi connectivity index (χ3n) is 2.70. The Morgan fingerprint density at radius 2 is 2.16 bits per heavy atom. The fraction of sp³-hybridized carbons (Fsp3) is 0.286. The fourth-order valence-electron chi connectivity index (χ4n) is 1.81. The van der Waals surface area contributed by atoms with E-state index in [0.29, 0.717) is 12.4 Å². The quantitative estimate of drug-likeness (QED) is 0.828. The van der Waals surface area contributed by atoms with Gasteiger partial charge in [0.2, 0.25) is 6.10 Å². The van der Waals surface area contributed by atoms with E-state index >= 15 is 0 Å². The summed E-state index contributed by atoms with van der Waals surface area (Å²) >= 11 is 0. The number of aliphatic hydroxyl groups excluding tert-OH is 1. The number of aromatic nitrogens is 2. The van der Waals surface area contributed by atoms with E-state index in [4.69, 9.17) is 4.74 Å². The molecule has 5 nitrogen and oxygen atoms in total. The zero-order valence-corrected chi connectivity index (χ0v) is 10.7. The summed E-state index contributed by atoms with van der Waals surface area (Å²) in [5.41, 5.74) is 1.07. The largest absolute Gasteiger partial charge is 0.464 e. The molecule has 0 saturated heterocycles. The standard InChI is InChI=1S/C14H16N2O3/c1-2-19-14(18)12(17)13-15-8-9-16(13)10-11-6-4-3-5-7-11/h3-9,12,17H,2,10H2,1H3/t12-/m1/s1. The molecular weight excluding hydrogens is 244 g/mol. The number of aliphatic hydroxyl groups is 1. The van der Waals surface area contributed by atoms with Crippen molar-refractivity contribution in [3.8, 4) is 0 Å². The van der Waals surface area contributed by atoms with Crippen molar-refractivity contribution >= 4 is 5.97 Å². The highest BCUT2D eigenvalue weighted by molar-refractivity contribution is 5.75. The number of ether oxygens (including phenoxy) is 1. The van der Waals surface area contributed by atoms with Crippen molar-refractivity contribution in [1.82, 2.24) is 9.55 Å². The Balaban J connectivity index is 2.16. The van der Waals surface area contributed by atoms with Crippen molar-refractivity contribution in [3.63, 3.8) is 0 Å². The van der Waals surface area contributed by atoms with Crippen molar-refractivity contribution in [3.05, 3.63) is 54.1 Å². The van der Waals surface area contributed by atoms with Crippen LogP contribution in [0.15, 0.2) is 42.7 Å². The monoisotopic (exact) mass is 260 g/mol. The van der Waals surface area contributed by atoms with E-state index in [2.05, 4.69) is 4.98 Å². The van der Waals surface area contributed by atoms with Gasteiger partial charge in [0.25, 0.3) is 0 Å². The average Bonchev–Trinajstić information content (AvgIpc) is 2.87. The van der Waals surface area contributed by atoms with Crippen molar-refractivity contribution in [1.29, 1.82) is 0 Å². The molecule has 0 fully saturated rings. The molecule has 2 aromatic rings. The van der Waals surface area contributed by atoms with Gasteiger partial charge in [-0.2, -0.15) is 0 Å². The second-order valence-electron chi connectivity index (χ2n) is 4.05. The van der Waals surface area contributed by atoms with Crippen molar-refractivity contribution < 1.29 is 14.6 Å². The average molecular weight is 260 g/mol. The molecule has 0 bridgehead atoms. The minimum absolute atomic E-state index is 0.231. The first-order valence-electron chi connectivity index (χ1n) is 6.12. The Kier molecular flexibility index (Phi) is 4.30. The molecule has 0 radical (unpaired) electrons. The number of rotatable bonds is 5. The summed E-state index contributed by atoms with van der Waals surface area (Å²) in [6.45, 7) is 2.48. The number of esters is 1. The Morgan fingerprint density at radius 3 is 2.84 bits per heavy atom. The minimum Gasteiger partial charge on any atom is -0.464 e. The molecule has 0 saturated carbocycles. The number of hydrogen-bond acceptors (Lipinski definition) is 4. The smallest absolute Gasteiger partial charge is 0.342 e. The van der Waals surface area contributed by atoms with Crippen LogP contribution in [0.2, 0.25) is 0 Å². The van der Waals surface area contributed by atoms with Gasteiger partial charge in [-0.25, -0.2) is 9.78 Å². The highest BCUT2D eigenvalue weighted by atomic mass is 16.5. The molecule has 0 aliphatic carbocycles. The molecule has 1 atom stereocenters. The van der Waals surface area contributed by atoms with Crippen molar-refractivity contribution in [2.75, 3.05) is 6.61 Å². The lowest BCUT2D eigenvalue weighted by molar-refractivity contribution is -0.153. The minimum atomic E-state index is -1.35. The lowest BCUT2D eigenvalue weighted by Crippen LogP contribution is -2.20. The van der Waals surface area contributed by atoms with Crippen LogP contribution in [0.1, 0.15) is 24.4 Å². The molecule has 0 amide bonds. The van der Waals surface area contributed by atoms with Gasteiger partial charge in [0.1, 0.15) is 5.82 Å². The molecular formula is C14H16N2O3. The predicted octanol–water partition coefficient (Wildman–Crippen LogP) is 1.53. The third-order valence-corrected chi connectivity index (χ3v) is 2.70. The van der Waals surface area contributed by atoms with Gasteiger partial charge < -0.3 is 14.4 Å². The van der Waals surface area contributed by atoms with Gasteiger partial charge in [0.05, 0.1) is 6.61 Å². The van der Waals surface area contributed by atoms with E-state index in [-0.39, 0.29) is 6.61 Å². The zero-order valence-electron chi connectivity index (χ0n) is 10.7. The van der Waals surface area contributed by atoms with Gasteiger partial charge in [-0.15, -0.1) is 0 Å². The van der Waals surface area contributed by atoms with Crippen LogP contribution >= 0.6 is 0 Å². The molecule has 5 heteroatoms. The van der Waals surface area contributed by atoms with E-state index in [1.165, 1.54) is 0 Å². The van der Waals surface area contributed by atoms with Gasteiger partial charge >= 0.3 is 5.97 Å². The maximum atomic E-state index is 11.5. The number of carbonyl (C=O) groups is 1. The van der Waals surface area contributed by atoms with Gasteiger partial charge in [-0.05, 0) is 12.5 Å². The molecule has 0 unspecified atom stereocenters. The van der Waals surface area contributed by atoms with E-state index in [1.54, 1.807) is 23.9 Å². The Morgan fingerprint density at radius 1 is 1.42 bits per heavy atom. The van der Waals surface area contributed by atoms with Crippen LogP contribution in [-0.2, 0) is 16.1 Å². The highest BCUT2D eigenvalue weighted by Crippen LogP contribution is 2.14. The summed E-state index contributed by atoms with van der Waals surface area (Å²) in [6.07, 6.45) is 1.93. The lowest BCUT2D eigenvalue weighted by atomic mass is 10.2. The topological polar surface area (TPSA) is 64.3 Å². The summed E-state index contributed by atoms with van der Waals surface area (Å²) in [6, 6.07) is 9.76. The molecule has 1 heterocycles. The molecule has 0 aliphatic rings. The number of nitrogens with zero attached hydrogens (tertiary/aromatic N) is 2. The normalized spacial score (nSPS) is 12.1. The van der Waals surface area contributed by atoms with Gasteiger partial charge in [0.15, 0.2) is 0 Å². The van der Waals surface area contributed by atoms with Crippen LogP contribution in [0.3, 0.4) is 0 Å². The molecule has 100 valence electrons. The first-order chi connectivity index (χ1) is 9.22. The van der Waals surface area contributed by atoms with E-state index in [9.17, 15) is 9.90 Å². The Hall–Kier alpha value is -2.14. The first kappa shape index (κ1) is 13.3. The van der Waals surface area contributed by atoms with Crippen molar-refractivity contribution in [2.45, 2.75) is 19.6 Å². The van der Waals surface area contributed by atoms with E-state index < -0.39 is 12.1 Å². The van der Waals surface area contributed by atoms with Gasteiger partial charge in [0, 0.05) is 18.9 Å². The fourth-order valence-corrected chi connectivity index (χ4v) is 1.81. The highest BCUT2D eigenvalue weighted by Gasteiger charge is 2.23. The zero-order chi connectivity index (χ0) is 13.7. The van der Waals surface area contributed by atoms with Gasteiger partial charge in [-0.1, -0.05) is 30.3 Å². The summed E-state index contributed by atoms with van der Waals surface area (Å²) in [7, 11) is 0. The molecule has 1 aromatic heterocycles. The van der Waals surface area contributed by atoms with Gasteiger partial charge in [-0.3, -0.25) is 0 Å². The maximum Gasteiger partial charge on any atom is 0.342 e. The van der Waals surface area contributed by atoms with Crippen molar-refractivity contribution in [2.24, 2.45) is 0 Å². The number of benzene rings is 1. The number of hydrogen-bond donors (Lipinski definition) is 1. The van der Waals surface area contributed by atoms with Crippen LogP contribution in [-0.4, -0.2) is 27.2 Å². The molecule has 0 aliphatic heterocycles. The number of imidazole rings is 1. The van der Waals surface area contributed by atoms with E-state index in [0.717, 1.165) is 5.56 Å². The second-order valence-corrected chi connectivity index (χ2v) is 4.05. The van der Waals surface area contributed by atoms with E-state index in [1.807, 2.05) is 30.3 Å². The summed E-state index contributed by atoms with van der Waals surface area (Å²) < 4.78 is 6.52. The third kappa shape index (κ3) is 3.20. The molecule has 1 N–H and O–H groups in total. The predicted molar refractivity (Wildman–Crippen MR) is 69.4 cm³/mol. The molecule has 19 heavy (non-hydrogen) atoms. The Labute approximate surface area is 111 Å².